The molecule has 5 nitrogen and oxygen atoms in total. The quantitative estimate of drug-likeness (QED) is 0.577. The second-order valence-electron chi connectivity index (χ2n) is 7.43. The predicted octanol–water partition coefficient (Wildman–Crippen LogP) is 3.40. The maximum absolute atomic E-state index is 13.4. The van der Waals surface area contributed by atoms with Crippen LogP contribution in [0.25, 0.3) is 10.2 Å². The summed E-state index contributed by atoms with van der Waals surface area (Å²) in [7, 11) is 0. The molecule has 2 fully saturated rings. The Morgan fingerprint density at radius 2 is 1.92 bits per heavy atom. The van der Waals surface area contributed by atoms with Crippen molar-refractivity contribution in [3.05, 3.63) is 20.8 Å². The molecule has 0 spiro atoms. The fraction of sp³-hybridized carbons (Fsp3) is 0.684. The van der Waals surface area contributed by atoms with E-state index in [9.17, 15) is 4.79 Å². The summed E-state index contributed by atoms with van der Waals surface area (Å²) in [5.41, 5.74) is 1.40. The second-order valence-corrected chi connectivity index (χ2v) is 9.50. The third kappa shape index (κ3) is 3.13. The van der Waals surface area contributed by atoms with Crippen LogP contribution in [0.4, 0.5) is 0 Å². The summed E-state index contributed by atoms with van der Waals surface area (Å²) in [6, 6.07) is 0. The molecule has 4 heterocycles. The Morgan fingerprint density at radius 1 is 1.12 bits per heavy atom. The minimum atomic E-state index is 0.139. The number of aryl methyl sites for hydroxylation is 2. The van der Waals surface area contributed by atoms with Crippen LogP contribution in [0.2, 0.25) is 0 Å². The fourth-order valence-electron chi connectivity index (χ4n) is 4.26. The van der Waals surface area contributed by atoms with Gasteiger partial charge >= 0.3 is 0 Å². The van der Waals surface area contributed by atoms with Gasteiger partial charge in [0.1, 0.15) is 4.83 Å². The zero-order valence-corrected chi connectivity index (χ0v) is 16.5. The Labute approximate surface area is 161 Å². The highest BCUT2D eigenvalue weighted by atomic mass is 32.2. The van der Waals surface area contributed by atoms with E-state index >= 15 is 0 Å². The molecule has 2 saturated heterocycles. The molecule has 0 bridgehead atoms. The Hall–Kier alpha value is -0.890. The highest BCUT2D eigenvalue weighted by Crippen LogP contribution is 2.36. The lowest BCUT2D eigenvalue weighted by molar-refractivity contribution is 0.0937. The first kappa shape index (κ1) is 17.2. The smallest absolute Gasteiger partial charge is 0.263 e. The van der Waals surface area contributed by atoms with Crippen LogP contribution in [-0.2, 0) is 28.9 Å². The molecule has 0 radical (unpaired) electrons. The number of thioether (sulfide) groups is 1. The minimum absolute atomic E-state index is 0.139. The molecule has 2 aromatic rings. The third-order valence-corrected chi connectivity index (χ3v) is 7.92. The first-order valence-corrected chi connectivity index (χ1v) is 11.5. The van der Waals surface area contributed by atoms with Gasteiger partial charge in [-0.15, -0.1) is 11.3 Å². The van der Waals surface area contributed by atoms with Crippen LogP contribution in [0.3, 0.4) is 0 Å². The lowest BCUT2D eigenvalue weighted by Crippen LogP contribution is -2.29. The average Bonchev–Trinajstić information content (AvgIpc) is 3.41. The molecule has 140 valence electrons. The van der Waals surface area contributed by atoms with Gasteiger partial charge < -0.3 is 9.47 Å². The summed E-state index contributed by atoms with van der Waals surface area (Å²) in [6.45, 7) is 2.29. The maximum Gasteiger partial charge on any atom is 0.263 e. The SMILES string of the molecule is O=c1c2c3c(sc2nc(SC[C@@H]2CCCO2)n1C[C@@H]1CCCO1)CCC3. The van der Waals surface area contributed by atoms with Crippen LogP contribution in [-0.4, -0.2) is 40.7 Å². The summed E-state index contributed by atoms with van der Waals surface area (Å²) < 4.78 is 13.5. The van der Waals surface area contributed by atoms with Gasteiger partial charge in [-0.3, -0.25) is 9.36 Å². The second kappa shape index (κ2) is 7.26. The molecule has 0 unspecified atom stereocenters. The molecule has 2 aromatic heterocycles. The van der Waals surface area contributed by atoms with E-state index in [2.05, 4.69) is 0 Å². The standard InChI is InChI=1S/C19H24N2O3S2/c22-18-16-14-6-1-7-15(14)26-17(16)20-19(25-11-13-5-3-9-24-13)21(18)10-12-4-2-8-23-12/h12-13H,1-11H2/t12-,13-/m0/s1. The number of aromatic nitrogens is 2. The molecule has 0 aromatic carbocycles. The molecule has 0 N–H and O–H groups in total. The third-order valence-electron chi connectivity index (χ3n) is 5.62. The van der Waals surface area contributed by atoms with Crippen molar-refractivity contribution in [2.75, 3.05) is 19.0 Å². The van der Waals surface area contributed by atoms with Gasteiger partial charge in [0.25, 0.3) is 5.56 Å². The summed E-state index contributed by atoms with van der Waals surface area (Å²) >= 11 is 3.40. The van der Waals surface area contributed by atoms with Gasteiger partial charge in [0, 0.05) is 23.8 Å². The monoisotopic (exact) mass is 392 g/mol. The van der Waals surface area contributed by atoms with Gasteiger partial charge in [-0.2, -0.15) is 0 Å². The van der Waals surface area contributed by atoms with Crippen LogP contribution < -0.4 is 5.56 Å². The predicted molar refractivity (Wildman–Crippen MR) is 105 cm³/mol. The molecule has 3 aliphatic rings. The normalized spacial score (nSPS) is 25.4. The van der Waals surface area contributed by atoms with Crippen LogP contribution in [0.1, 0.15) is 42.5 Å². The van der Waals surface area contributed by atoms with Gasteiger partial charge in [-0.25, -0.2) is 4.98 Å². The van der Waals surface area contributed by atoms with Crippen molar-refractivity contribution in [1.82, 2.24) is 9.55 Å². The Kier molecular flexibility index (Phi) is 4.81. The minimum Gasteiger partial charge on any atom is -0.377 e. The van der Waals surface area contributed by atoms with Gasteiger partial charge in [0.2, 0.25) is 0 Å². The van der Waals surface area contributed by atoms with E-state index in [-0.39, 0.29) is 17.8 Å². The highest BCUT2D eigenvalue weighted by molar-refractivity contribution is 7.99. The number of fused-ring (bicyclic) bond motifs is 3. The van der Waals surface area contributed by atoms with Crippen molar-refractivity contribution in [2.45, 2.75) is 68.9 Å². The van der Waals surface area contributed by atoms with Crippen molar-refractivity contribution in [2.24, 2.45) is 0 Å². The molecular weight excluding hydrogens is 368 g/mol. The summed E-state index contributed by atoms with van der Waals surface area (Å²) in [5.74, 6) is 0.870. The number of ether oxygens (including phenoxy) is 2. The summed E-state index contributed by atoms with van der Waals surface area (Å²) in [6.07, 6.45) is 8.07. The van der Waals surface area contributed by atoms with E-state index in [0.717, 1.165) is 79.3 Å². The lowest BCUT2D eigenvalue weighted by Gasteiger charge is -2.17. The first-order valence-electron chi connectivity index (χ1n) is 9.70. The number of hydrogen-bond donors (Lipinski definition) is 0. The first-order chi connectivity index (χ1) is 12.8. The molecule has 5 rings (SSSR count). The number of nitrogens with zero attached hydrogens (tertiary/aromatic N) is 2. The zero-order valence-electron chi connectivity index (χ0n) is 14.9. The van der Waals surface area contributed by atoms with E-state index in [1.54, 1.807) is 23.1 Å². The molecular formula is C19H24N2O3S2. The number of hydrogen-bond acceptors (Lipinski definition) is 6. The van der Waals surface area contributed by atoms with Crippen molar-refractivity contribution >= 4 is 33.3 Å². The van der Waals surface area contributed by atoms with E-state index in [1.807, 2.05) is 4.57 Å². The molecule has 26 heavy (non-hydrogen) atoms. The topological polar surface area (TPSA) is 53.3 Å². The summed E-state index contributed by atoms with van der Waals surface area (Å²) in [4.78, 5) is 20.6. The average molecular weight is 393 g/mol. The number of rotatable bonds is 5. The molecule has 1 aliphatic carbocycles. The molecule has 2 aliphatic heterocycles. The summed E-state index contributed by atoms with van der Waals surface area (Å²) in [5, 5.41) is 1.72. The van der Waals surface area contributed by atoms with E-state index < -0.39 is 0 Å². The van der Waals surface area contributed by atoms with Crippen LogP contribution in [0.5, 0.6) is 0 Å². The molecule has 0 amide bonds. The van der Waals surface area contributed by atoms with Gasteiger partial charge in [-0.05, 0) is 50.5 Å². The van der Waals surface area contributed by atoms with Crippen molar-refractivity contribution in [3.63, 3.8) is 0 Å². The van der Waals surface area contributed by atoms with Crippen LogP contribution in [0, 0.1) is 0 Å². The van der Waals surface area contributed by atoms with Crippen LogP contribution in [0.15, 0.2) is 9.95 Å². The van der Waals surface area contributed by atoms with Gasteiger partial charge in [0.15, 0.2) is 5.16 Å². The number of thiophene rings is 1. The zero-order chi connectivity index (χ0) is 17.5. The van der Waals surface area contributed by atoms with Crippen molar-refractivity contribution in [1.29, 1.82) is 0 Å². The Morgan fingerprint density at radius 3 is 2.69 bits per heavy atom. The highest BCUT2D eigenvalue weighted by Gasteiger charge is 2.26. The van der Waals surface area contributed by atoms with E-state index in [1.165, 1.54) is 10.4 Å². The Balaban J connectivity index is 1.53. The lowest BCUT2D eigenvalue weighted by atomic mass is 10.2. The van der Waals surface area contributed by atoms with Gasteiger partial charge in [-0.1, -0.05) is 11.8 Å². The van der Waals surface area contributed by atoms with E-state index in [0.29, 0.717) is 6.54 Å². The molecule has 2 atom stereocenters. The molecule has 7 heteroatoms. The fourth-order valence-corrected chi connectivity index (χ4v) is 6.64. The maximum atomic E-state index is 13.4. The van der Waals surface area contributed by atoms with Gasteiger partial charge in [0.05, 0.1) is 24.1 Å². The Bertz CT molecular complexity index is 864. The van der Waals surface area contributed by atoms with E-state index in [4.69, 9.17) is 14.5 Å². The largest absolute Gasteiger partial charge is 0.377 e. The molecule has 0 saturated carbocycles. The van der Waals surface area contributed by atoms with Crippen LogP contribution >= 0.6 is 23.1 Å². The van der Waals surface area contributed by atoms with Crippen molar-refractivity contribution < 1.29 is 9.47 Å². The van der Waals surface area contributed by atoms with Crippen molar-refractivity contribution in [3.8, 4) is 0 Å².